The van der Waals surface area contributed by atoms with Gasteiger partial charge < -0.3 is 30.2 Å². The topological polar surface area (TPSA) is 121 Å². The smallest absolute Gasteiger partial charge is 0.146 e. The third-order valence-corrected chi connectivity index (χ3v) is 5.69. The Kier molecular flexibility index (Phi) is 3.37. The minimum atomic E-state index is -2.24. The maximum absolute atomic E-state index is 9.05. The van der Waals surface area contributed by atoms with Crippen LogP contribution < -0.4 is 0 Å². The molecule has 0 radical (unpaired) electrons. The highest BCUT2D eigenvalue weighted by molar-refractivity contribution is 7.71. The second kappa shape index (κ2) is 3.78. The Balaban J connectivity index is 2.76. The summed E-state index contributed by atoms with van der Waals surface area (Å²) in [5, 5.41) is 36.1. The van der Waals surface area contributed by atoms with Crippen LogP contribution in [0.25, 0.3) is 0 Å². The van der Waals surface area contributed by atoms with Crippen molar-refractivity contribution in [1.82, 2.24) is 0 Å². The minimum Gasteiger partial charge on any atom is -0.387 e. The first kappa shape index (κ1) is 10.7. The van der Waals surface area contributed by atoms with E-state index in [9.17, 15) is 0 Å². The molecule has 1 rings (SSSR count). The van der Waals surface area contributed by atoms with Crippen molar-refractivity contribution in [3.63, 3.8) is 0 Å². The molecule has 6 N–H and O–H groups in total. The van der Waals surface area contributed by atoms with E-state index < -0.39 is 39.7 Å². The lowest BCUT2D eigenvalue weighted by Gasteiger charge is -2.38. The second-order valence-corrected chi connectivity index (χ2v) is 6.39. The van der Waals surface area contributed by atoms with Crippen LogP contribution in [0, 0.1) is 0 Å². The van der Waals surface area contributed by atoms with Crippen LogP contribution >= 0.6 is 16.3 Å². The van der Waals surface area contributed by atoms with E-state index in [1.54, 1.807) is 0 Å². The van der Waals surface area contributed by atoms with E-state index in [-0.39, 0.29) is 0 Å². The second-order valence-electron chi connectivity index (χ2n) is 2.42. The first-order valence-electron chi connectivity index (χ1n) is 3.13. The van der Waals surface area contributed by atoms with Crippen molar-refractivity contribution < 1.29 is 30.2 Å². The summed E-state index contributed by atoms with van der Waals surface area (Å²) >= 11 is 0. The lowest BCUT2D eigenvalue weighted by atomic mass is 10.4. The van der Waals surface area contributed by atoms with Crippen molar-refractivity contribution >= 4 is 16.3 Å². The van der Waals surface area contributed by atoms with Crippen LogP contribution in [0.1, 0.15) is 0 Å². The summed E-state index contributed by atoms with van der Waals surface area (Å²) in [4.78, 5) is 18.1. The maximum Gasteiger partial charge on any atom is 0.146 e. The van der Waals surface area contributed by atoms with Crippen LogP contribution in [0.3, 0.4) is 0 Å². The van der Waals surface area contributed by atoms with Gasteiger partial charge in [0.2, 0.25) is 0 Å². The van der Waals surface area contributed by atoms with E-state index in [0.717, 1.165) is 0 Å². The lowest BCUT2D eigenvalue weighted by molar-refractivity contribution is -0.00538. The van der Waals surface area contributed by atoms with Crippen molar-refractivity contribution in [3.8, 4) is 0 Å². The van der Waals surface area contributed by atoms with Gasteiger partial charge in [0.15, 0.2) is 0 Å². The van der Waals surface area contributed by atoms with Crippen molar-refractivity contribution in [2.24, 2.45) is 0 Å². The third kappa shape index (κ3) is 1.62. The van der Waals surface area contributed by atoms with Gasteiger partial charge in [0.25, 0.3) is 0 Å². The molecule has 1 heterocycles. The Morgan fingerprint density at radius 3 is 1.42 bits per heavy atom. The fraction of sp³-hybridized carbons (Fsp3) is 1.00. The number of rotatable bonds is 0. The van der Waals surface area contributed by atoms with Crippen LogP contribution in [0.15, 0.2) is 0 Å². The Bertz CT molecular complexity index is 109. The molecule has 0 saturated carbocycles. The van der Waals surface area contributed by atoms with Crippen molar-refractivity contribution in [1.29, 1.82) is 0 Å². The predicted molar refractivity (Wildman–Crippen MR) is 42.3 cm³/mol. The molecule has 0 bridgehead atoms. The van der Waals surface area contributed by atoms with Crippen LogP contribution in [-0.2, 0) is 0 Å². The molecule has 1 aliphatic heterocycles. The Hall–Kier alpha value is 0.620. The van der Waals surface area contributed by atoms with Gasteiger partial charge >= 0.3 is 0 Å². The molecule has 0 aromatic rings. The minimum absolute atomic E-state index is 1.51. The Labute approximate surface area is 70.8 Å². The highest BCUT2D eigenvalue weighted by atomic mass is 31.2. The highest BCUT2D eigenvalue weighted by Crippen LogP contribution is 2.62. The van der Waals surface area contributed by atoms with Crippen LogP contribution in [-0.4, -0.2) is 53.6 Å². The van der Waals surface area contributed by atoms with E-state index in [4.69, 9.17) is 30.2 Å². The van der Waals surface area contributed by atoms with Gasteiger partial charge in [-0.1, -0.05) is 0 Å². The molecule has 0 aliphatic carbocycles. The van der Waals surface area contributed by atoms with Crippen LogP contribution in [0.2, 0.25) is 0 Å². The normalized spacial score (nSPS) is 55.5. The van der Waals surface area contributed by atoms with Gasteiger partial charge in [-0.05, 0) is 0 Å². The quantitative estimate of drug-likeness (QED) is 0.262. The standard InChI is InChI=1S/C4H10O6P2/c5-1-2(6)11(9)4(8)12(10)3(1)7/h1-10H/t1-,2+,3-,4-,11-,12-/m0/s1. The van der Waals surface area contributed by atoms with Crippen molar-refractivity contribution in [3.05, 3.63) is 0 Å². The zero-order chi connectivity index (χ0) is 9.46. The van der Waals surface area contributed by atoms with E-state index in [0.29, 0.717) is 0 Å². The first-order chi connectivity index (χ1) is 5.46. The summed E-state index contributed by atoms with van der Waals surface area (Å²) in [5.41, 5.74) is -1.51. The third-order valence-electron chi connectivity index (χ3n) is 1.63. The van der Waals surface area contributed by atoms with Gasteiger partial charge in [0, 0.05) is 0 Å². The van der Waals surface area contributed by atoms with Crippen molar-refractivity contribution in [2.45, 2.75) is 23.4 Å². The van der Waals surface area contributed by atoms with Gasteiger partial charge in [-0.15, -0.1) is 0 Å². The molecular formula is C4H10O6P2. The van der Waals surface area contributed by atoms with E-state index >= 15 is 0 Å². The summed E-state index contributed by atoms with van der Waals surface area (Å²) in [6.45, 7) is 0. The summed E-state index contributed by atoms with van der Waals surface area (Å²) in [6, 6.07) is 0. The fourth-order valence-corrected chi connectivity index (χ4v) is 4.28. The summed E-state index contributed by atoms with van der Waals surface area (Å²) in [5.74, 6) is -3.12. The number of aliphatic hydroxyl groups is 4. The fourth-order valence-electron chi connectivity index (χ4n) is 0.861. The molecule has 6 atom stereocenters. The molecule has 0 aromatic heterocycles. The van der Waals surface area contributed by atoms with E-state index in [1.165, 1.54) is 0 Å². The van der Waals surface area contributed by atoms with Gasteiger partial charge in [-0.2, -0.15) is 0 Å². The van der Waals surface area contributed by atoms with E-state index in [2.05, 4.69) is 0 Å². The molecule has 0 spiro atoms. The molecule has 0 amide bonds. The lowest BCUT2D eigenvalue weighted by Crippen LogP contribution is -2.42. The first-order valence-corrected chi connectivity index (χ1v) is 6.00. The molecule has 1 aliphatic rings. The zero-order valence-electron chi connectivity index (χ0n) is 5.89. The molecule has 1 saturated heterocycles. The number of aliphatic hydroxyl groups excluding tert-OH is 4. The zero-order valence-corrected chi connectivity index (χ0v) is 7.68. The Morgan fingerprint density at radius 1 is 0.750 bits per heavy atom. The Morgan fingerprint density at radius 2 is 1.08 bits per heavy atom. The average Bonchev–Trinajstić information content (AvgIpc) is 2.08. The predicted octanol–water partition coefficient (Wildman–Crippen LogP) is -1.95. The van der Waals surface area contributed by atoms with Gasteiger partial charge in [0.1, 0.15) is 23.4 Å². The number of hydrogen-bond donors (Lipinski definition) is 6. The van der Waals surface area contributed by atoms with E-state index in [1.807, 2.05) is 0 Å². The summed E-state index contributed by atoms with van der Waals surface area (Å²) in [6.07, 6.45) is -1.58. The van der Waals surface area contributed by atoms with Gasteiger partial charge in [-0.25, -0.2) is 0 Å². The largest absolute Gasteiger partial charge is 0.387 e. The highest BCUT2D eigenvalue weighted by Gasteiger charge is 2.48. The maximum atomic E-state index is 9.05. The molecule has 0 unspecified atom stereocenters. The molecular weight excluding hydrogens is 206 g/mol. The molecule has 0 aromatic carbocycles. The summed E-state index contributed by atoms with van der Waals surface area (Å²) in [7, 11) is -4.48. The molecule has 72 valence electrons. The number of hydrogen-bond acceptors (Lipinski definition) is 6. The van der Waals surface area contributed by atoms with Gasteiger partial charge in [0.05, 0.1) is 16.3 Å². The van der Waals surface area contributed by atoms with Crippen LogP contribution in [0.4, 0.5) is 0 Å². The molecule has 8 heteroatoms. The molecule has 6 nitrogen and oxygen atoms in total. The van der Waals surface area contributed by atoms with Crippen LogP contribution in [0.5, 0.6) is 0 Å². The molecule has 1 fully saturated rings. The van der Waals surface area contributed by atoms with Crippen molar-refractivity contribution in [2.75, 3.05) is 0 Å². The summed E-state index contributed by atoms with van der Waals surface area (Å²) < 4.78 is 0. The monoisotopic (exact) mass is 216 g/mol. The molecule has 12 heavy (non-hydrogen) atoms. The van der Waals surface area contributed by atoms with Gasteiger partial charge in [-0.3, -0.25) is 0 Å². The average molecular weight is 216 g/mol. The SMILES string of the molecule is O[C@@H]1[C@@H](O)[P@](O)[C@@H](O)[P@@](O)[C@H]1O.